The monoisotopic (exact) mass is 560 g/mol. The number of hydrogen-bond acceptors (Lipinski definition) is 13. The van der Waals surface area contributed by atoms with Gasteiger partial charge in [0.1, 0.15) is 36.5 Å². The highest BCUT2D eigenvalue weighted by atomic mass is 32.2. The van der Waals surface area contributed by atoms with Crippen LogP contribution in [-0.4, -0.2) is 111 Å². The van der Waals surface area contributed by atoms with Gasteiger partial charge in [-0.2, -0.15) is 11.8 Å². The molecule has 0 saturated carbocycles. The summed E-state index contributed by atoms with van der Waals surface area (Å²) in [4.78, 5) is 35.5. The van der Waals surface area contributed by atoms with Crippen molar-refractivity contribution in [2.45, 2.75) is 80.1 Å². The zero-order valence-corrected chi connectivity index (χ0v) is 21.8. The van der Waals surface area contributed by atoms with Crippen LogP contribution in [0.3, 0.4) is 0 Å². The van der Waals surface area contributed by atoms with Gasteiger partial charge in [-0.05, 0) is 12.8 Å². The fourth-order valence-electron chi connectivity index (χ4n) is 5.36. The third-order valence-electron chi connectivity index (χ3n) is 7.35. The Morgan fingerprint density at radius 3 is 2.92 bits per heavy atom. The summed E-state index contributed by atoms with van der Waals surface area (Å²) in [5.74, 6) is 1.80. The predicted octanol–water partition coefficient (Wildman–Crippen LogP) is -0.815. The second-order valence-corrected chi connectivity index (χ2v) is 12.5. The molecule has 3 fully saturated rings. The quantitative estimate of drug-likeness (QED) is 0.156. The van der Waals surface area contributed by atoms with E-state index < -0.39 is 51.2 Å². The highest BCUT2D eigenvalue weighted by molar-refractivity contribution is 8.00. The Labute approximate surface area is 218 Å². The number of hydrogen-bond donors (Lipinski definition) is 5. The van der Waals surface area contributed by atoms with E-state index in [1.807, 2.05) is 11.8 Å². The van der Waals surface area contributed by atoms with Crippen LogP contribution in [0, 0.1) is 5.92 Å². The lowest BCUT2D eigenvalue weighted by molar-refractivity contribution is -0.119. The summed E-state index contributed by atoms with van der Waals surface area (Å²) in [6.45, 7) is -0.409. The number of fused-ring (bicyclic) bond motifs is 2. The number of nitrogens with two attached hydrogens (primary N) is 1. The van der Waals surface area contributed by atoms with Crippen LogP contribution in [-0.2, 0) is 23.1 Å². The third kappa shape index (κ3) is 5.88. The van der Waals surface area contributed by atoms with Crippen LogP contribution in [0.2, 0.25) is 0 Å². The molecule has 5 aliphatic heterocycles. The Balaban J connectivity index is 1.00. The van der Waals surface area contributed by atoms with E-state index in [-0.39, 0.29) is 18.3 Å². The number of nitrogens with zero attached hydrogens (tertiary/aromatic N) is 4. The lowest BCUT2D eigenvalue weighted by atomic mass is 9.94. The van der Waals surface area contributed by atoms with Crippen molar-refractivity contribution >= 4 is 44.0 Å². The van der Waals surface area contributed by atoms with E-state index in [1.54, 1.807) is 0 Å². The molecule has 0 radical (unpaired) electrons. The van der Waals surface area contributed by atoms with E-state index >= 15 is 0 Å². The van der Waals surface area contributed by atoms with Crippen LogP contribution >= 0.6 is 19.6 Å². The van der Waals surface area contributed by atoms with Crippen LogP contribution in [0.1, 0.15) is 32.1 Å². The Morgan fingerprint density at radius 1 is 1.24 bits per heavy atom. The topological polar surface area (TPSA) is 201 Å². The number of aliphatic imine (C=N–C) groups is 3. The van der Waals surface area contributed by atoms with Gasteiger partial charge in [-0.1, -0.05) is 12.8 Å². The standard InChI is InChI=1S/C21H33N6O8PS/c22-19-16-20(24-9-23-19)27(10-25-16)21-18(30)17(29)13(35-21)7-34-36(31,32)33-5-3-1-2-4-14-11-6-15(28)26-12(11)8-37-14/h9-14,16-18,20-21,29-30H,1-8H2,(H,26,28)(H,31,32)(H2,22,23,24)/t11-,12-,13?,14-,16?,17+,18+,20?,21+/m0/s1. The number of carbonyl (C=O) groups is 1. The number of amides is 1. The Kier molecular flexibility index (Phi) is 8.22. The predicted molar refractivity (Wildman–Crippen MR) is 135 cm³/mol. The normalized spacial score (nSPS) is 40.0. The fourth-order valence-corrected chi connectivity index (χ4v) is 7.78. The van der Waals surface area contributed by atoms with Gasteiger partial charge in [0.2, 0.25) is 5.91 Å². The number of amidine groups is 1. The van der Waals surface area contributed by atoms with Crippen molar-refractivity contribution in [2.24, 2.45) is 26.6 Å². The van der Waals surface area contributed by atoms with Crippen molar-refractivity contribution in [1.29, 1.82) is 0 Å². The van der Waals surface area contributed by atoms with Crippen molar-refractivity contribution < 1.29 is 38.3 Å². The molecule has 1 amide bonds. The van der Waals surface area contributed by atoms with Crippen molar-refractivity contribution in [3.05, 3.63) is 0 Å². The summed E-state index contributed by atoms with van der Waals surface area (Å²) in [6, 6.07) is -0.214. The van der Waals surface area contributed by atoms with E-state index in [4.69, 9.17) is 19.5 Å². The van der Waals surface area contributed by atoms with Gasteiger partial charge in [0, 0.05) is 29.4 Å². The van der Waals surface area contributed by atoms with Gasteiger partial charge < -0.3 is 35.8 Å². The minimum absolute atomic E-state index is 0.0469. The Hall–Kier alpha value is -1.58. The second kappa shape index (κ2) is 11.3. The molecule has 0 aliphatic carbocycles. The van der Waals surface area contributed by atoms with Crippen LogP contribution in [0.4, 0.5) is 0 Å². The molecule has 0 aromatic carbocycles. The summed E-state index contributed by atoms with van der Waals surface area (Å²) >= 11 is 1.91. The Morgan fingerprint density at radius 2 is 2.08 bits per heavy atom. The zero-order valence-electron chi connectivity index (χ0n) is 20.1. The number of aliphatic hydroxyl groups excluding tert-OH is 2. The van der Waals surface area contributed by atoms with Crippen LogP contribution in [0.25, 0.3) is 0 Å². The molecule has 0 bridgehead atoms. The number of phosphoric ester groups is 1. The van der Waals surface area contributed by atoms with E-state index in [0.29, 0.717) is 30.1 Å². The van der Waals surface area contributed by atoms with E-state index in [1.165, 1.54) is 17.6 Å². The summed E-state index contributed by atoms with van der Waals surface area (Å²) in [5.41, 5.74) is 5.84. The molecule has 206 valence electrons. The number of aliphatic hydroxyl groups is 2. The maximum atomic E-state index is 12.3. The smallest absolute Gasteiger partial charge is 0.387 e. The molecule has 0 aromatic rings. The van der Waals surface area contributed by atoms with Crippen molar-refractivity contribution in [3.63, 3.8) is 0 Å². The molecule has 10 atom stereocenters. The summed E-state index contributed by atoms with van der Waals surface area (Å²) < 4.78 is 28.2. The average molecular weight is 561 g/mol. The first-order chi connectivity index (χ1) is 17.7. The first-order valence-corrected chi connectivity index (χ1v) is 15.0. The average Bonchev–Trinajstić information content (AvgIpc) is 3.60. The molecule has 3 saturated heterocycles. The fraction of sp³-hybridized carbons (Fsp3) is 0.810. The number of ether oxygens (including phenoxy) is 1. The zero-order chi connectivity index (χ0) is 26.2. The minimum Gasteiger partial charge on any atom is -0.387 e. The van der Waals surface area contributed by atoms with Gasteiger partial charge in [-0.15, -0.1) is 0 Å². The minimum atomic E-state index is -4.38. The van der Waals surface area contributed by atoms with Crippen molar-refractivity contribution in [2.75, 3.05) is 19.0 Å². The number of rotatable bonds is 11. The van der Waals surface area contributed by atoms with Crippen LogP contribution < -0.4 is 11.1 Å². The lowest BCUT2D eigenvalue weighted by Crippen LogP contribution is -2.51. The summed E-state index contributed by atoms with van der Waals surface area (Å²) in [6.07, 6.45) is 1.35. The van der Waals surface area contributed by atoms with Crippen LogP contribution in [0.5, 0.6) is 0 Å². The molecular weight excluding hydrogens is 527 g/mol. The summed E-state index contributed by atoms with van der Waals surface area (Å²) in [7, 11) is -4.38. The largest absolute Gasteiger partial charge is 0.472 e. The first kappa shape index (κ1) is 27.0. The van der Waals surface area contributed by atoms with Crippen molar-refractivity contribution in [3.8, 4) is 0 Å². The lowest BCUT2D eigenvalue weighted by Gasteiger charge is -2.31. The highest BCUT2D eigenvalue weighted by Gasteiger charge is 2.50. The van der Waals surface area contributed by atoms with Crippen molar-refractivity contribution in [1.82, 2.24) is 10.2 Å². The van der Waals surface area contributed by atoms with Gasteiger partial charge in [-0.25, -0.2) is 14.5 Å². The summed E-state index contributed by atoms with van der Waals surface area (Å²) in [5, 5.41) is 24.4. The molecule has 5 heterocycles. The number of phosphoric acid groups is 1. The number of carbonyl (C=O) groups excluding carboxylic acids is 1. The van der Waals surface area contributed by atoms with E-state index in [9.17, 15) is 24.5 Å². The van der Waals surface area contributed by atoms with Gasteiger partial charge in [-0.3, -0.25) is 18.8 Å². The maximum absolute atomic E-state index is 12.3. The molecular formula is C21H33N6O8PS. The molecule has 5 rings (SSSR count). The van der Waals surface area contributed by atoms with Gasteiger partial charge in [0.25, 0.3) is 0 Å². The molecule has 0 aromatic heterocycles. The van der Waals surface area contributed by atoms with E-state index in [0.717, 1.165) is 25.0 Å². The van der Waals surface area contributed by atoms with Crippen LogP contribution in [0.15, 0.2) is 15.0 Å². The molecule has 14 nitrogen and oxygen atoms in total. The molecule has 5 aliphatic rings. The first-order valence-electron chi connectivity index (χ1n) is 12.4. The molecule has 6 N–H and O–H groups in total. The van der Waals surface area contributed by atoms with Gasteiger partial charge in [0.15, 0.2) is 12.4 Å². The number of nitrogens with one attached hydrogen (secondary N) is 1. The SMILES string of the molecule is NC1=NC=NC2C1N=CN2[C@@H]1OC(COP(=O)(O)OCCCCC[C@@H]2SC[C@@H]3NC(=O)C[C@@H]32)[C@@H](O)[C@H]1O. The number of thioether (sulfide) groups is 1. The van der Waals surface area contributed by atoms with E-state index in [2.05, 4.69) is 20.3 Å². The molecule has 16 heteroatoms. The second-order valence-electron chi connectivity index (χ2n) is 9.80. The van der Waals surface area contributed by atoms with Gasteiger partial charge in [0.05, 0.1) is 19.6 Å². The van der Waals surface area contributed by atoms with Gasteiger partial charge >= 0.3 is 7.82 Å². The number of unbranched alkanes of at least 4 members (excludes halogenated alkanes) is 2. The molecule has 0 spiro atoms. The third-order valence-corrected chi connectivity index (χ3v) is 9.90. The Bertz CT molecular complexity index is 1000. The highest BCUT2D eigenvalue weighted by Crippen LogP contribution is 2.45. The maximum Gasteiger partial charge on any atom is 0.472 e. The molecule has 4 unspecified atom stereocenters. The molecule has 37 heavy (non-hydrogen) atoms.